The maximum Gasteiger partial charge on any atom is 0.313 e. The topological polar surface area (TPSA) is 96.4 Å². The van der Waals surface area contributed by atoms with Gasteiger partial charge in [0.25, 0.3) is 0 Å². The molecule has 8 nitrogen and oxygen atoms in total. The van der Waals surface area contributed by atoms with Crippen LogP contribution in [0.4, 0.5) is 0 Å². The predicted octanol–water partition coefficient (Wildman–Crippen LogP) is 2.70. The lowest BCUT2D eigenvalue weighted by molar-refractivity contribution is -0.163. The van der Waals surface area contributed by atoms with E-state index in [1.807, 2.05) is 41.5 Å². The van der Waals surface area contributed by atoms with Crippen molar-refractivity contribution < 1.29 is 29.0 Å². The third-order valence-electron chi connectivity index (χ3n) is 8.28. The number of aliphatic hydroxyl groups is 1. The van der Waals surface area contributed by atoms with Crippen molar-refractivity contribution >= 4 is 17.8 Å². The molecule has 35 heavy (non-hydrogen) atoms. The molecule has 8 heteroatoms. The number of hydrogen-bond acceptors (Lipinski definition) is 6. The van der Waals surface area contributed by atoms with E-state index < -0.39 is 46.6 Å². The van der Waals surface area contributed by atoms with E-state index in [0.717, 1.165) is 0 Å². The number of carbonyl (C=O) groups is 3. The Morgan fingerprint density at radius 2 is 1.97 bits per heavy atom. The molecule has 0 aromatic heterocycles. The standard InChI is InChI=1S/C27H42N2O6/c1-9-14-28(25(5,6)7)23(32)21-27-13-12-26(8,35-27)20(24(33)34-15-10-2)19(27)22(31)29(21)18(16-30)17(4)11-3/h9-10,17-21,30H,1-2,11-16H2,3-8H3/t17-,18-,19-,20+,21?,26-,27?/m0/s1. The van der Waals surface area contributed by atoms with Crippen LogP contribution in [-0.4, -0.2) is 81.3 Å². The molecule has 1 spiro atoms. The number of likely N-dealkylation sites (tertiary alicyclic amines) is 1. The zero-order chi connectivity index (χ0) is 26.3. The van der Waals surface area contributed by atoms with Crippen LogP contribution in [0, 0.1) is 17.8 Å². The molecule has 0 aliphatic carbocycles. The van der Waals surface area contributed by atoms with Crippen LogP contribution in [0.25, 0.3) is 0 Å². The monoisotopic (exact) mass is 490 g/mol. The molecule has 0 aromatic rings. The van der Waals surface area contributed by atoms with E-state index in [2.05, 4.69) is 13.2 Å². The minimum absolute atomic E-state index is 0.0364. The normalized spacial score (nSPS) is 33.3. The van der Waals surface area contributed by atoms with Gasteiger partial charge in [-0.2, -0.15) is 0 Å². The number of esters is 1. The van der Waals surface area contributed by atoms with Crippen molar-refractivity contribution in [3.8, 4) is 0 Å². The first-order chi connectivity index (χ1) is 16.3. The fourth-order valence-electron chi connectivity index (χ4n) is 6.37. The molecule has 1 N–H and O–H groups in total. The second-order valence-electron chi connectivity index (χ2n) is 11.4. The van der Waals surface area contributed by atoms with Crippen LogP contribution < -0.4 is 0 Å². The molecule has 0 saturated carbocycles. The summed E-state index contributed by atoms with van der Waals surface area (Å²) in [5.74, 6) is -2.82. The molecule has 2 bridgehead atoms. The average Bonchev–Trinajstić information content (AvgIpc) is 3.36. The van der Waals surface area contributed by atoms with Crippen LogP contribution in [-0.2, 0) is 23.9 Å². The molecule has 2 unspecified atom stereocenters. The number of amides is 2. The fraction of sp³-hybridized carbons (Fsp3) is 0.741. The Hall–Kier alpha value is -2.19. The highest BCUT2D eigenvalue weighted by Gasteiger charge is 2.79. The van der Waals surface area contributed by atoms with Gasteiger partial charge in [0.15, 0.2) is 0 Å². The van der Waals surface area contributed by atoms with Gasteiger partial charge < -0.3 is 24.4 Å². The van der Waals surface area contributed by atoms with Crippen LogP contribution in [0.1, 0.15) is 60.8 Å². The van der Waals surface area contributed by atoms with Crippen LogP contribution in [0.3, 0.4) is 0 Å². The van der Waals surface area contributed by atoms with E-state index in [9.17, 15) is 19.5 Å². The summed E-state index contributed by atoms with van der Waals surface area (Å²) in [4.78, 5) is 45.0. The Morgan fingerprint density at radius 3 is 2.49 bits per heavy atom. The molecule has 7 atom stereocenters. The van der Waals surface area contributed by atoms with Crippen molar-refractivity contribution in [1.82, 2.24) is 9.80 Å². The van der Waals surface area contributed by atoms with Gasteiger partial charge in [0.2, 0.25) is 11.8 Å². The summed E-state index contributed by atoms with van der Waals surface area (Å²) in [6.07, 6.45) is 4.88. The molecular weight excluding hydrogens is 448 g/mol. The number of hydrogen-bond donors (Lipinski definition) is 1. The van der Waals surface area contributed by atoms with Crippen molar-refractivity contribution in [1.29, 1.82) is 0 Å². The van der Waals surface area contributed by atoms with E-state index in [4.69, 9.17) is 9.47 Å². The first-order valence-electron chi connectivity index (χ1n) is 12.7. The van der Waals surface area contributed by atoms with Crippen molar-refractivity contribution in [3.63, 3.8) is 0 Å². The van der Waals surface area contributed by atoms with Crippen LogP contribution in [0.2, 0.25) is 0 Å². The van der Waals surface area contributed by atoms with E-state index in [1.165, 1.54) is 6.08 Å². The van der Waals surface area contributed by atoms with Gasteiger partial charge in [0.05, 0.1) is 24.2 Å². The molecule has 3 heterocycles. The van der Waals surface area contributed by atoms with Gasteiger partial charge in [-0.1, -0.05) is 39.0 Å². The molecule has 3 rings (SSSR count). The maximum absolute atomic E-state index is 14.3. The summed E-state index contributed by atoms with van der Waals surface area (Å²) in [6, 6.07) is -1.53. The van der Waals surface area contributed by atoms with Gasteiger partial charge in [-0.05, 0) is 46.5 Å². The fourth-order valence-corrected chi connectivity index (χ4v) is 6.37. The number of rotatable bonds is 10. The number of nitrogens with zero attached hydrogens (tertiary/aromatic N) is 2. The van der Waals surface area contributed by atoms with E-state index in [1.54, 1.807) is 15.9 Å². The van der Waals surface area contributed by atoms with Gasteiger partial charge in [-0.3, -0.25) is 14.4 Å². The Labute approximate surface area is 209 Å². The second kappa shape index (κ2) is 9.69. The van der Waals surface area contributed by atoms with E-state index >= 15 is 0 Å². The number of carbonyl (C=O) groups excluding carboxylic acids is 3. The second-order valence-corrected chi connectivity index (χ2v) is 11.4. The van der Waals surface area contributed by atoms with Gasteiger partial charge in [0, 0.05) is 12.1 Å². The average molecular weight is 491 g/mol. The molecule has 196 valence electrons. The number of ether oxygens (including phenoxy) is 2. The first-order valence-corrected chi connectivity index (χ1v) is 12.7. The minimum atomic E-state index is -1.16. The summed E-state index contributed by atoms with van der Waals surface area (Å²) >= 11 is 0. The van der Waals surface area contributed by atoms with Gasteiger partial charge in [0.1, 0.15) is 24.2 Å². The van der Waals surface area contributed by atoms with Crippen LogP contribution in [0.15, 0.2) is 25.3 Å². The number of fused-ring (bicyclic) bond motifs is 1. The molecule has 3 aliphatic heterocycles. The molecule has 3 fully saturated rings. The van der Waals surface area contributed by atoms with E-state index in [-0.39, 0.29) is 30.9 Å². The first kappa shape index (κ1) is 27.4. The highest BCUT2D eigenvalue weighted by molar-refractivity contribution is 5.99. The molecule has 0 aromatic carbocycles. The van der Waals surface area contributed by atoms with Crippen molar-refractivity contribution in [2.75, 3.05) is 19.8 Å². The Bertz CT molecular complexity index is 881. The maximum atomic E-state index is 14.3. The third kappa shape index (κ3) is 4.22. The SMILES string of the molecule is C=CCOC(=O)[C@H]1[C@H]2C(=O)N([C@@H](CO)[C@@H](C)CC)C(C(=O)N(CC=C)C(C)(C)C)C23CC[C@]1(C)O3. The summed E-state index contributed by atoms with van der Waals surface area (Å²) in [6.45, 7) is 19.1. The minimum Gasteiger partial charge on any atom is -0.461 e. The molecule has 3 aliphatic rings. The van der Waals surface area contributed by atoms with E-state index in [0.29, 0.717) is 25.8 Å². The third-order valence-corrected chi connectivity index (χ3v) is 8.28. The lowest BCUT2D eigenvalue weighted by atomic mass is 9.66. The van der Waals surface area contributed by atoms with Gasteiger partial charge in [-0.15, -0.1) is 6.58 Å². The van der Waals surface area contributed by atoms with Crippen molar-refractivity contribution in [3.05, 3.63) is 25.3 Å². The largest absolute Gasteiger partial charge is 0.461 e. The molecule has 0 radical (unpaired) electrons. The summed E-state index contributed by atoms with van der Waals surface area (Å²) in [7, 11) is 0. The molecule has 3 saturated heterocycles. The van der Waals surface area contributed by atoms with Crippen LogP contribution in [0.5, 0.6) is 0 Å². The Morgan fingerprint density at radius 1 is 1.31 bits per heavy atom. The highest BCUT2D eigenvalue weighted by Crippen LogP contribution is 2.64. The molecular formula is C27H42N2O6. The summed E-state index contributed by atoms with van der Waals surface area (Å²) < 4.78 is 12.0. The lowest BCUT2D eigenvalue weighted by Gasteiger charge is -2.44. The van der Waals surface area contributed by atoms with Gasteiger partial charge >= 0.3 is 5.97 Å². The molecule has 2 amide bonds. The van der Waals surface area contributed by atoms with Crippen molar-refractivity contribution in [2.45, 2.75) is 89.6 Å². The Balaban J connectivity index is 2.18. The zero-order valence-corrected chi connectivity index (χ0v) is 22.1. The summed E-state index contributed by atoms with van der Waals surface area (Å²) in [5, 5.41) is 10.4. The van der Waals surface area contributed by atoms with Crippen molar-refractivity contribution in [2.24, 2.45) is 17.8 Å². The lowest BCUT2D eigenvalue weighted by Crippen LogP contribution is -2.62. The number of aliphatic hydroxyl groups excluding tert-OH is 1. The zero-order valence-electron chi connectivity index (χ0n) is 22.1. The highest BCUT2D eigenvalue weighted by atomic mass is 16.6. The van der Waals surface area contributed by atoms with Crippen LogP contribution >= 0.6 is 0 Å². The smallest absolute Gasteiger partial charge is 0.313 e. The van der Waals surface area contributed by atoms with Gasteiger partial charge in [-0.25, -0.2) is 0 Å². The summed E-state index contributed by atoms with van der Waals surface area (Å²) in [5.41, 5.74) is -2.60. The quantitative estimate of drug-likeness (QED) is 0.374. The Kier molecular flexibility index (Phi) is 7.59. The predicted molar refractivity (Wildman–Crippen MR) is 132 cm³/mol.